The van der Waals surface area contributed by atoms with Crippen LogP contribution in [0.3, 0.4) is 0 Å². The highest BCUT2D eigenvalue weighted by atomic mass is 19.3. The molecule has 0 aliphatic heterocycles. The van der Waals surface area contributed by atoms with E-state index in [0.29, 0.717) is 0 Å². The third kappa shape index (κ3) is 2.71. The zero-order valence-electron chi connectivity index (χ0n) is 8.76. The van der Waals surface area contributed by atoms with Gasteiger partial charge in [-0.1, -0.05) is 0 Å². The molecule has 0 radical (unpaired) electrons. The van der Waals surface area contributed by atoms with Crippen molar-refractivity contribution < 1.29 is 22.7 Å². The highest BCUT2D eigenvalue weighted by molar-refractivity contribution is 5.72. The summed E-state index contributed by atoms with van der Waals surface area (Å²) < 4.78 is 42.5. The van der Waals surface area contributed by atoms with Gasteiger partial charge in [0.1, 0.15) is 0 Å². The second-order valence-electron chi connectivity index (χ2n) is 3.17. The molecule has 0 N–H and O–H groups in total. The molecule has 0 unspecified atom stereocenters. The summed E-state index contributed by atoms with van der Waals surface area (Å²) in [6, 6.07) is 0.944. The van der Waals surface area contributed by atoms with Crippen LogP contribution in [0, 0.1) is 12.9 Å². The van der Waals surface area contributed by atoms with Crippen LogP contribution in [0.15, 0.2) is 6.07 Å². The Bertz CT molecular complexity index is 407. The van der Waals surface area contributed by atoms with Crippen molar-refractivity contribution in [3.63, 3.8) is 0 Å². The zero-order chi connectivity index (χ0) is 12.3. The van der Waals surface area contributed by atoms with Crippen LogP contribution in [0.4, 0.5) is 13.2 Å². The normalized spacial score (nSPS) is 10.6. The summed E-state index contributed by atoms with van der Waals surface area (Å²) >= 11 is 0. The van der Waals surface area contributed by atoms with Crippen molar-refractivity contribution in [1.82, 2.24) is 4.98 Å². The molecule has 1 aromatic heterocycles. The van der Waals surface area contributed by atoms with Crippen molar-refractivity contribution in [3.05, 3.63) is 28.8 Å². The Hall–Kier alpha value is -1.59. The fourth-order valence-electron chi connectivity index (χ4n) is 1.21. The van der Waals surface area contributed by atoms with Crippen molar-refractivity contribution in [1.29, 1.82) is 0 Å². The van der Waals surface area contributed by atoms with Gasteiger partial charge in [0.25, 0.3) is 6.43 Å². The van der Waals surface area contributed by atoms with E-state index >= 15 is 0 Å². The molecule has 0 fully saturated rings. The van der Waals surface area contributed by atoms with Gasteiger partial charge >= 0.3 is 5.97 Å². The quantitative estimate of drug-likeness (QED) is 0.593. The van der Waals surface area contributed by atoms with Gasteiger partial charge in [-0.3, -0.25) is 4.79 Å². The van der Waals surface area contributed by atoms with Gasteiger partial charge in [0.15, 0.2) is 0 Å². The Labute approximate surface area is 90.2 Å². The summed E-state index contributed by atoms with van der Waals surface area (Å²) in [7, 11) is 1.13. The average Bonchev–Trinajstić information content (AvgIpc) is 2.21. The summed E-state index contributed by atoms with van der Waals surface area (Å²) in [5.41, 5.74) is -0.644. The molecule has 0 aromatic carbocycles. The summed E-state index contributed by atoms with van der Waals surface area (Å²) in [6.45, 7) is 1.28. The van der Waals surface area contributed by atoms with Gasteiger partial charge in [0.05, 0.1) is 13.5 Å². The number of aromatic nitrogens is 1. The second kappa shape index (κ2) is 4.96. The first kappa shape index (κ1) is 12.5. The lowest BCUT2D eigenvalue weighted by Gasteiger charge is -2.07. The SMILES string of the molecule is COC(=O)Cc1cc(C(F)F)c(C)nc1F. The van der Waals surface area contributed by atoms with Crippen LogP contribution in [0.5, 0.6) is 0 Å². The minimum Gasteiger partial charge on any atom is -0.469 e. The van der Waals surface area contributed by atoms with Crippen molar-refractivity contribution >= 4 is 5.97 Å². The maximum atomic E-state index is 13.2. The molecule has 0 bridgehead atoms. The molecule has 6 heteroatoms. The Kier molecular flexibility index (Phi) is 3.87. The first-order valence-corrected chi connectivity index (χ1v) is 4.46. The molecule has 0 atom stereocenters. The Balaban J connectivity index is 3.09. The van der Waals surface area contributed by atoms with Crippen LogP contribution in [-0.4, -0.2) is 18.1 Å². The highest BCUT2D eigenvalue weighted by Crippen LogP contribution is 2.23. The summed E-state index contributed by atoms with van der Waals surface area (Å²) in [5.74, 6) is -1.63. The number of aryl methyl sites for hydroxylation is 1. The third-order valence-electron chi connectivity index (χ3n) is 2.08. The molecule has 88 valence electrons. The van der Waals surface area contributed by atoms with Gasteiger partial charge in [0, 0.05) is 16.8 Å². The molecule has 3 nitrogen and oxygen atoms in total. The van der Waals surface area contributed by atoms with E-state index in [-0.39, 0.29) is 16.8 Å². The smallest absolute Gasteiger partial charge is 0.310 e. The number of hydrogen-bond acceptors (Lipinski definition) is 3. The Morgan fingerprint density at radius 1 is 1.56 bits per heavy atom. The fraction of sp³-hybridized carbons (Fsp3) is 0.400. The van der Waals surface area contributed by atoms with E-state index in [1.165, 1.54) is 6.92 Å². The van der Waals surface area contributed by atoms with E-state index in [0.717, 1.165) is 13.2 Å². The number of nitrogens with zero attached hydrogens (tertiary/aromatic N) is 1. The molecular formula is C10H10F3NO2. The number of carbonyl (C=O) groups is 1. The Morgan fingerprint density at radius 3 is 2.69 bits per heavy atom. The monoisotopic (exact) mass is 233 g/mol. The van der Waals surface area contributed by atoms with Crippen LogP contribution < -0.4 is 0 Å². The summed E-state index contributed by atoms with van der Waals surface area (Å²) in [5, 5.41) is 0. The molecule has 1 heterocycles. The maximum Gasteiger partial charge on any atom is 0.310 e. The topological polar surface area (TPSA) is 39.2 Å². The minimum absolute atomic E-state index is 0.0823. The van der Waals surface area contributed by atoms with Crippen LogP contribution in [0.25, 0.3) is 0 Å². The fourth-order valence-corrected chi connectivity index (χ4v) is 1.21. The molecule has 0 aliphatic carbocycles. The molecule has 0 saturated heterocycles. The van der Waals surface area contributed by atoms with Gasteiger partial charge in [0.2, 0.25) is 5.95 Å². The summed E-state index contributed by atoms with van der Waals surface area (Å²) in [4.78, 5) is 14.2. The van der Waals surface area contributed by atoms with Crippen molar-refractivity contribution in [2.24, 2.45) is 0 Å². The predicted molar refractivity (Wildman–Crippen MR) is 49.6 cm³/mol. The first-order valence-electron chi connectivity index (χ1n) is 4.46. The van der Waals surface area contributed by atoms with Crippen molar-refractivity contribution in [3.8, 4) is 0 Å². The maximum absolute atomic E-state index is 13.2. The van der Waals surface area contributed by atoms with Crippen molar-refractivity contribution in [2.75, 3.05) is 7.11 Å². The number of alkyl halides is 2. The Morgan fingerprint density at radius 2 is 2.19 bits per heavy atom. The largest absolute Gasteiger partial charge is 0.469 e. The van der Waals surface area contributed by atoms with Gasteiger partial charge in [-0.2, -0.15) is 4.39 Å². The molecule has 1 aromatic rings. The van der Waals surface area contributed by atoms with E-state index in [9.17, 15) is 18.0 Å². The van der Waals surface area contributed by atoms with E-state index in [2.05, 4.69) is 9.72 Å². The second-order valence-corrected chi connectivity index (χ2v) is 3.17. The number of halogens is 3. The summed E-state index contributed by atoms with van der Waals surface area (Å²) in [6.07, 6.45) is -3.15. The number of rotatable bonds is 3. The number of pyridine rings is 1. The number of hydrogen-bond donors (Lipinski definition) is 0. The lowest BCUT2D eigenvalue weighted by Crippen LogP contribution is -2.09. The zero-order valence-corrected chi connectivity index (χ0v) is 8.76. The van der Waals surface area contributed by atoms with Gasteiger partial charge in [-0.15, -0.1) is 0 Å². The molecule has 1 rings (SSSR count). The van der Waals surface area contributed by atoms with Crippen LogP contribution in [0.2, 0.25) is 0 Å². The van der Waals surface area contributed by atoms with E-state index in [1.807, 2.05) is 0 Å². The molecule has 16 heavy (non-hydrogen) atoms. The number of carbonyl (C=O) groups excluding carboxylic acids is 1. The van der Waals surface area contributed by atoms with E-state index in [1.54, 1.807) is 0 Å². The number of ether oxygens (including phenoxy) is 1. The molecule has 0 aliphatic rings. The third-order valence-corrected chi connectivity index (χ3v) is 2.08. The molecule has 0 amide bonds. The van der Waals surface area contributed by atoms with Gasteiger partial charge in [-0.05, 0) is 13.0 Å². The molecule has 0 spiro atoms. The van der Waals surface area contributed by atoms with Crippen molar-refractivity contribution in [2.45, 2.75) is 19.8 Å². The van der Waals surface area contributed by atoms with Crippen LogP contribution >= 0.6 is 0 Å². The standard InChI is InChI=1S/C10H10F3NO2/c1-5-7(9(11)12)3-6(10(13)14-5)4-8(15)16-2/h3,9H,4H2,1-2H3. The van der Waals surface area contributed by atoms with Crippen LogP contribution in [-0.2, 0) is 16.0 Å². The van der Waals surface area contributed by atoms with Crippen LogP contribution in [0.1, 0.15) is 23.2 Å². The van der Waals surface area contributed by atoms with Gasteiger partial charge in [-0.25, -0.2) is 13.8 Å². The van der Waals surface area contributed by atoms with Gasteiger partial charge < -0.3 is 4.74 Å². The number of methoxy groups -OCH3 is 1. The van der Waals surface area contributed by atoms with E-state index < -0.39 is 24.8 Å². The predicted octanol–water partition coefficient (Wildman–Crippen LogP) is 2.18. The lowest BCUT2D eigenvalue weighted by atomic mass is 10.1. The first-order chi connectivity index (χ1) is 7.45. The highest BCUT2D eigenvalue weighted by Gasteiger charge is 2.17. The average molecular weight is 233 g/mol. The molecular weight excluding hydrogens is 223 g/mol. The molecule has 0 saturated carbocycles. The van der Waals surface area contributed by atoms with E-state index in [4.69, 9.17) is 0 Å². The minimum atomic E-state index is -2.75. The lowest BCUT2D eigenvalue weighted by molar-refractivity contribution is -0.139. The number of esters is 1.